The zero-order chi connectivity index (χ0) is 23.2. The number of phenols is 1. The molecule has 168 valence electrons. The molecule has 4 rings (SSSR count). The molecule has 0 aromatic heterocycles. The summed E-state index contributed by atoms with van der Waals surface area (Å²) in [6, 6.07) is 6.12. The van der Waals surface area contributed by atoms with Crippen molar-refractivity contribution in [3.63, 3.8) is 0 Å². The first kappa shape index (κ1) is 21.7. The second-order valence-electron chi connectivity index (χ2n) is 8.72. The van der Waals surface area contributed by atoms with Gasteiger partial charge in [-0.2, -0.15) is 0 Å². The summed E-state index contributed by atoms with van der Waals surface area (Å²) < 4.78 is 6.23. The molecular weight excluding hydrogens is 410 g/mol. The van der Waals surface area contributed by atoms with Crippen LogP contribution in [0.5, 0.6) is 11.5 Å². The number of nitrogens with one attached hydrogen (secondary N) is 3. The molecule has 1 saturated heterocycles. The lowest BCUT2D eigenvalue weighted by atomic mass is 9.86. The maximum absolute atomic E-state index is 13.1. The van der Waals surface area contributed by atoms with Gasteiger partial charge in [0.05, 0.1) is 12.5 Å². The SMILES string of the molecule is Cc1c(C)c2c(c(C)c1O)CCC(C)(C(=O)Nc1ccc(C3CC(=O)NC(=O)N3)cc1)O2. The summed E-state index contributed by atoms with van der Waals surface area (Å²) in [5.74, 6) is 0.366. The van der Waals surface area contributed by atoms with Gasteiger partial charge in [0.25, 0.3) is 5.91 Å². The number of urea groups is 1. The van der Waals surface area contributed by atoms with Crippen molar-refractivity contribution in [3.8, 4) is 11.5 Å². The van der Waals surface area contributed by atoms with Crippen molar-refractivity contribution in [1.82, 2.24) is 10.6 Å². The van der Waals surface area contributed by atoms with E-state index in [4.69, 9.17) is 4.74 Å². The van der Waals surface area contributed by atoms with Gasteiger partial charge >= 0.3 is 6.03 Å². The quantitative estimate of drug-likeness (QED) is 0.588. The first-order valence-electron chi connectivity index (χ1n) is 10.6. The minimum absolute atomic E-state index is 0.163. The second kappa shape index (κ2) is 7.85. The van der Waals surface area contributed by atoms with Crippen molar-refractivity contribution in [1.29, 1.82) is 0 Å². The summed E-state index contributed by atoms with van der Waals surface area (Å²) in [6.45, 7) is 7.37. The van der Waals surface area contributed by atoms with Crippen LogP contribution in [0.15, 0.2) is 24.3 Å². The van der Waals surface area contributed by atoms with E-state index in [1.807, 2.05) is 20.8 Å². The molecule has 0 saturated carbocycles. The Kier molecular flexibility index (Phi) is 5.32. The number of hydrogen-bond acceptors (Lipinski definition) is 5. The highest BCUT2D eigenvalue weighted by Crippen LogP contribution is 2.43. The van der Waals surface area contributed by atoms with E-state index in [0.29, 0.717) is 24.3 Å². The number of benzene rings is 2. The van der Waals surface area contributed by atoms with Crippen molar-refractivity contribution in [2.24, 2.45) is 0 Å². The molecule has 2 unspecified atom stereocenters. The number of imide groups is 1. The van der Waals surface area contributed by atoms with Crippen molar-refractivity contribution < 1.29 is 24.2 Å². The Morgan fingerprint density at radius 3 is 2.47 bits per heavy atom. The molecule has 2 aromatic carbocycles. The fraction of sp³-hybridized carbons (Fsp3) is 0.375. The standard InChI is InChI=1S/C24H27N3O5/c1-12-13(2)21-17(14(3)20(12)29)9-10-24(4,32-21)22(30)25-16-7-5-15(6-8-16)18-11-19(28)27-23(31)26-18/h5-8,18,29H,9-11H2,1-4H3,(H,25,30)(H2,26,27,28,31). The highest BCUT2D eigenvalue weighted by atomic mass is 16.5. The van der Waals surface area contributed by atoms with Gasteiger partial charge in [0.15, 0.2) is 5.60 Å². The van der Waals surface area contributed by atoms with Gasteiger partial charge in [-0.3, -0.25) is 14.9 Å². The molecule has 8 heteroatoms. The third-order valence-corrected chi connectivity index (χ3v) is 6.52. The number of carbonyl (C=O) groups excluding carboxylic acids is 3. The zero-order valence-corrected chi connectivity index (χ0v) is 18.6. The van der Waals surface area contributed by atoms with Crippen LogP contribution in [0, 0.1) is 20.8 Å². The molecule has 4 amide bonds. The Bertz CT molecular complexity index is 1110. The molecule has 2 aromatic rings. The van der Waals surface area contributed by atoms with Crippen LogP contribution in [0.3, 0.4) is 0 Å². The third kappa shape index (κ3) is 3.77. The smallest absolute Gasteiger partial charge is 0.321 e. The van der Waals surface area contributed by atoms with Crippen LogP contribution in [-0.2, 0) is 16.0 Å². The predicted octanol–water partition coefficient (Wildman–Crippen LogP) is 3.31. The Labute approximate surface area is 186 Å². The molecule has 2 aliphatic heterocycles. The van der Waals surface area contributed by atoms with Crippen LogP contribution in [0.25, 0.3) is 0 Å². The molecule has 2 atom stereocenters. The number of phenolic OH excluding ortho intramolecular Hbond substituents is 1. The average molecular weight is 437 g/mol. The minimum Gasteiger partial charge on any atom is -0.507 e. The number of fused-ring (bicyclic) bond motifs is 1. The zero-order valence-electron chi connectivity index (χ0n) is 18.6. The predicted molar refractivity (Wildman–Crippen MR) is 119 cm³/mol. The summed E-state index contributed by atoms with van der Waals surface area (Å²) >= 11 is 0. The third-order valence-electron chi connectivity index (χ3n) is 6.52. The molecule has 4 N–H and O–H groups in total. The first-order chi connectivity index (χ1) is 15.1. The van der Waals surface area contributed by atoms with Crippen molar-refractivity contribution in [2.45, 2.75) is 58.6 Å². The number of aromatic hydroxyl groups is 1. The molecule has 32 heavy (non-hydrogen) atoms. The van der Waals surface area contributed by atoms with Gasteiger partial charge in [0.1, 0.15) is 11.5 Å². The summed E-state index contributed by atoms with van der Waals surface area (Å²) in [7, 11) is 0. The number of ether oxygens (including phenoxy) is 1. The average Bonchev–Trinajstić information content (AvgIpc) is 2.76. The van der Waals surface area contributed by atoms with Crippen LogP contribution < -0.4 is 20.7 Å². The van der Waals surface area contributed by atoms with Gasteiger partial charge in [-0.05, 0) is 68.5 Å². The Morgan fingerprint density at radius 2 is 1.81 bits per heavy atom. The number of anilines is 1. The monoisotopic (exact) mass is 437 g/mol. The van der Waals surface area contributed by atoms with Crippen LogP contribution in [0.4, 0.5) is 10.5 Å². The first-order valence-corrected chi connectivity index (χ1v) is 10.6. The molecule has 0 spiro atoms. The lowest BCUT2D eigenvalue weighted by molar-refractivity contribution is -0.131. The largest absolute Gasteiger partial charge is 0.507 e. The van der Waals surface area contributed by atoms with Crippen LogP contribution in [0.2, 0.25) is 0 Å². The summed E-state index contributed by atoms with van der Waals surface area (Å²) in [4.78, 5) is 36.2. The molecule has 8 nitrogen and oxygen atoms in total. The van der Waals surface area contributed by atoms with E-state index >= 15 is 0 Å². The van der Waals surface area contributed by atoms with Gasteiger partial charge in [-0.15, -0.1) is 0 Å². The second-order valence-corrected chi connectivity index (χ2v) is 8.72. The highest BCUT2D eigenvalue weighted by Gasteiger charge is 2.41. The number of carbonyl (C=O) groups is 3. The highest BCUT2D eigenvalue weighted by molar-refractivity contribution is 5.98. The van der Waals surface area contributed by atoms with Gasteiger partial charge < -0.3 is 20.5 Å². The number of amides is 4. The maximum atomic E-state index is 13.1. The molecule has 0 radical (unpaired) electrons. The minimum atomic E-state index is -1.05. The Hall–Kier alpha value is -3.55. The molecule has 0 aliphatic carbocycles. The molecule has 2 heterocycles. The van der Waals surface area contributed by atoms with E-state index in [1.54, 1.807) is 31.2 Å². The van der Waals surface area contributed by atoms with Crippen LogP contribution >= 0.6 is 0 Å². The van der Waals surface area contributed by atoms with Gasteiger partial charge in [-0.25, -0.2) is 4.79 Å². The van der Waals surface area contributed by atoms with Crippen molar-refractivity contribution >= 4 is 23.5 Å². The summed E-state index contributed by atoms with van der Waals surface area (Å²) in [6.07, 6.45) is 1.27. The molecule has 0 bridgehead atoms. The number of hydrogen-bond donors (Lipinski definition) is 4. The fourth-order valence-corrected chi connectivity index (χ4v) is 4.28. The molecule has 2 aliphatic rings. The topological polar surface area (TPSA) is 117 Å². The lowest BCUT2D eigenvalue weighted by Crippen LogP contribution is -2.48. The number of rotatable bonds is 3. The maximum Gasteiger partial charge on any atom is 0.321 e. The van der Waals surface area contributed by atoms with Crippen molar-refractivity contribution in [2.75, 3.05) is 5.32 Å². The normalized spacial score (nSPS) is 22.3. The van der Waals surface area contributed by atoms with E-state index in [0.717, 1.165) is 27.8 Å². The van der Waals surface area contributed by atoms with E-state index in [-0.39, 0.29) is 24.0 Å². The summed E-state index contributed by atoms with van der Waals surface area (Å²) in [5, 5.41) is 18.2. The van der Waals surface area contributed by atoms with E-state index in [9.17, 15) is 19.5 Å². The van der Waals surface area contributed by atoms with E-state index < -0.39 is 17.7 Å². The fourth-order valence-electron chi connectivity index (χ4n) is 4.28. The Morgan fingerprint density at radius 1 is 1.12 bits per heavy atom. The van der Waals surface area contributed by atoms with Gasteiger partial charge in [0.2, 0.25) is 5.91 Å². The van der Waals surface area contributed by atoms with Gasteiger partial charge in [0, 0.05) is 17.7 Å². The lowest BCUT2D eigenvalue weighted by Gasteiger charge is -2.36. The van der Waals surface area contributed by atoms with Crippen LogP contribution in [-0.4, -0.2) is 28.6 Å². The van der Waals surface area contributed by atoms with E-state index in [2.05, 4.69) is 16.0 Å². The molecular formula is C24H27N3O5. The van der Waals surface area contributed by atoms with Crippen LogP contribution in [0.1, 0.15) is 53.6 Å². The van der Waals surface area contributed by atoms with Crippen molar-refractivity contribution in [3.05, 3.63) is 52.1 Å². The van der Waals surface area contributed by atoms with E-state index in [1.165, 1.54) is 0 Å². The van der Waals surface area contributed by atoms with Gasteiger partial charge in [-0.1, -0.05) is 12.1 Å². The summed E-state index contributed by atoms with van der Waals surface area (Å²) in [5.41, 5.74) is 3.65. The molecule has 1 fully saturated rings. The Balaban J connectivity index is 1.50.